The van der Waals surface area contributed by atoms with Crippen LogP contribution in [-0.4, -0.2) is 12.5 Å². The largest absolute Gasteiger partial charge is 0.440 e. The van der Waals surface area contributed by atoms with E-state index in [1.165, 1.54) is 5.56 Å². The van der Waals surface area contributed by atoms with Crippen LogP contribution in [0.25, 0.3) is 0 Å². The molecule has 2 heterocycles. The van der Waals surface area contributed by atoms with E-state index in [4.69, 9.17) is 16.0 Å². The monoisotopic (exact) mass is 276 g/mol. The van der Waals surface area contributed by atoms with Crippen LogP contribution >= 0.6 is 11.6 Å². The predicted molar refractivity (Wildman–Crippen MR) is 73.5 cm³/mol. The summed E-state index contributed by atoms with van der Waals surface area (Å²) < 4.78 is 5.10. The summed E-state index contributed by atoms with van der Waals surface area (Å²) in [6.45, 7) is 1.74. The number of halogens is 1. The average molecular weight is 277 g/mol. The molecule has 0 fully saturated rings. The molecule has 1 aromatic carbocycles. The maximum atomic E-state index is 12.0. The maximum absolute atomic E-state index is 12.0. The Labute approximate surface area is 115 Å². The molecule has 0 saturated heterocycles. The van der Waals surface area contributed by atoms with E-state index in [1.54, 1.807) is 12.1 Å². The lowest BCUT2D eigenvalue weighted by Gasteiger charge is -2.20. The van der Waals surface area contributed by atoms with Gasteiger partial charge in [0.05, 0.1) is 0 Å². The number of benzene rings is 1. The highest BCUT2D eigenvalue weighted by molar-refractivity contribution is 6.29. The van der Waals surface area contributed by atoms with Gasteiger partial charge in [0.15, 0.2) is 11.0 Å². The SMILES string of the molecule is O=C(Nc1cccc2c1CNCC2)c1ccc(Cl)o1. The van der Waals surface area contributed by atoms with Gasteiger partial charge >= 0.3 is 0 Å². The lowest BCUT2D eigenvalue weighted by Crippen LogP contribution is -2.25. The number of fused-ring (bicyclic) bond motifs is 1. The molecule has 0 radical (unpaired) electrons. The number of carbonyl (C=O) groups is 1. The lowest BCUT2D eigenvalue weighted by atomic mass is 9.99. The van der Waals surface area contributed by atoms with Crippen molar-refractivity contribution in [1.82, 2.24) is 5.32 Å². The molecular weight excluding hydrogens is 264 g/mol. The van der Waals surface area contributed by atoms with Gasteiger partial charge in [-0.25, -0.2) is 0 Å². The second kappa shape index (κ2) is 5.07. The first-order valence-corrected chi connectivity index (χ1v) is 6.50. The van der Waals surface area contributed by atoms with E-state index in [9.17, 15) is 4.79 Å². The first-order valence-electron chi connectivity index (χ1n) is 6.12. The van der Waals surface area contributed by atoms with Crippen molar-refractivity contribution in [2.24, 2.45) is 0 Å². The summed E-state index contributed by atoms with van der Waals surface area (Å²) in [5, 5.41) is 6.38. The lowest BCUT2D eigenvalue weighted by molar-refractivity contribution is 0.0996. The van der Waals surface area contributed by atoms with Gasteiger partial charge in [-0.1, -0.05) is 12.1 Å². The molecule has 19 heavy (non-hydrogen) atoms. The maximum Gasteiger partial charge on any atom is 0.291 e. The minimum Gasteiger partial charge on any atom is -0.440 e. The third-order valence-electron chi connectivity index (χ3n) is 3.19. The molecule has 5 heteroatoms. The Morgan fingerprint density at radius 2 is 2.21 bits per heavy atom. The van der Waals surface area contributed by atoms with Crippen LogP contribution in [0.2, 0.25) is 5.22 Å². The van der Waals surface area contributed by atoms with Crippen molar-refractivity contribution in [1.29, 1.82) is 0 Å². The number of nitrogens with one attached hydrogen (secondary N) is 2. The fourth-order valence-corrected chi connectivity index (χ4v) is 2.40. The Hall–Kier alpha value is -1.78. The van der Waals surface area contributed by atoms with Crippen molar-refractivity contribution >= 4 is 23.2 Å². The van der Waals surface area contributed by atoms with Crippen LogP contribution in [-0.2, 0) is 13.0 Å². The fraction of sp³-hybridized carbons (Fsp3) is 0.214. The van der Waals surface area contributed by atoms with Crippen molar-refractivity contribution in [3.63, 3.8) is 0 Å². The summed E-state index contributed by atoms with van der Waals surface area (Å²) in [6.07, 6.45) is 0.978. The van der Waals surface area contributed by atoms with Crippen LogP contribution in [0, 0.1) is 0 Å². The first kappa shape index (κ1) is 12.3. The number of hydrogen-bond acceptors (Lipinski definition) is 3. The van der Waals surface area contributed by atoms with Gasteiger partial charge in [-0.2, -0.15) is 0 Å². The Morgan fingerprint density at radius 3 is 3.00 bits per heavy atom. The molecule has 1 aromatic heterocycles. The summed E-state index contributed by atoms with van der Waals surface area (Å²) in [6, 6.07) is 9.06. The normalized spacial score (nSPS) is 13.9. The topological polar surface area (TPSA) is 54.3 Å². The zero-order valence-corrected chi connectivity index (χ0v) is 11.0. The average Bonchev–Trinajstić information content (AvgIpc) is 2.86. The molecule has 4 nitrogen and oxygen atoms in total. The molecule has 2 aromatic rings. The Balaban J connectivity index is 1.85. The highest BCUT2D eigenvalue weighted by atomic mass is 35.5. The Morgan fingerprint density at radius 1 is 1.32 bits per heavy atom. The Kier molecular flexibility index (Phi) is 3.27. The number of carbonyl (C=O) groups excluding carboxylic acids is 1. The van der Waals surface area contributed by atoms with E-state index in [-0.39, 0.29) is 16.9 Å². The van der Waals surface area contributed by atoms with Gasteiger partial charge in [0.2, 0.25) is 0 Å². The molecule has 98 valence electrons. The molecule has 3 rings (SSSR count). The number of hydrogen-bond donors (Lipinski definition) is 2. The highest BCUT2D eigenvalue weighted by Crippen LogP contribution is 2.24. The fourth-order valence-electron chi connectivity index (χ4n) is 2.25. The summed E-state index contributed by atoms with van der Waals surface area (Å²) in [7, 11) is 0. The van der Waals surface area contributed by atoms with Gasteiger partial charge in [0.25, 0.3) is 5.91 Å². The predicted octanol–water partition coefficient (Wildman–Crippen LogP) is 2.83. The van der Waals surface area contributed by atoms with Crippen LogP contribution in [0.5, 0.6) is 0 Å². The van der Waals surface area contributed by atoms with Crippen molar-refractivity contribution in [3.05, 3.63) is 52.4 Å². The second-order valence-corrected chi connectivity index (χ2v) is 4.80. The quantitative estimate of drug-likeness (QED) is 0.887. The molecule has 0 atom stereocenters. The van der Waals surface area contributed by atoms with Crippen molar-refractivity contribution < 1.29 is 9.21 Å². The van der Waals surface area contributed by atoms with Crippen LogP contribution in [0.4, 0.5) is 5.69 Å². The summed E-state index contributed by atoms with van der Waals surface area (Å²) in [4.78, 5) is 12.0. The van der Waals surface area contributed by atoms with Crippen LogP contribution in [0.15, 0.2) is 34.7 Å². The number of furan rings is 1. The van der Waals surface area contributed by atoms with Gasteiger partial charge in [0, 0.05) is 12.2 Å². The minimum absolute atomic E-state index is 0.210. The molecule has 0 saturated carbocycles. The van der Waals surface area contributed by atoms with Crippen molar-refractivity contribution in [3.8, 4) is 0 Å². The minimum atomic E-state index is -0.286. The van der Waals surface area contributed by atoms with Gasteiger partial charge in [-0.3, -0.25) is 4.79 Å². The molecule has 0 bridgehead atoms. The zero-order chi connectivity index (χ0) is 13.2. The number of rotatable bonds is 2. The van der Waals surface area contributed by atoms with E-state index in [0.29, 0.717) is 0 Å². The van der Waals surface area contributed by atoms with Crippen molar-refractivity contribution in [2.45, 2.75) is 13.0 Å². The van der Waals surface area contributed by atoms with Gasteiger partial charge in [-0.05, 0) is 53.9 Å². The molecule has 0 unspecified atom stereocenters. The summed E-state index contributed by atoms with van der Waals surface area (Å²) >= 11 is 5.67. The van der Waals surface area contributed by atoms with Crippen LogP contribution < -0.4 is 10.6 Å². The van der Waals surface area contributed by atoms with E-state index < -0.39 is 0 Å². The zero-order valence-electron chi connectivity index (χ0n) is 10.2. The van der Waals surface area contributed by atoms with E-state index in [0.717, 1.165) is 30.8 Å². The third-order valence-corrected chi connectivity index (χ3v) is 3.39. The highest BCUT2D eigenvalue weighted by Gasteiger charge is 2.16. The number of amides is 1. The van der Waals surface area contributed by atoms with Gasteiger partial charge < -0.3 is 15.1 Å². The second-order valence-electron chi connectivity index (χ2n) is 4.43. The van der Waals surface area contributed by atoms with E-state index in [2.05, 4.69) is 16.7 Å². The first-order chi connectivity index (χ1) is 9.24. The third kappa shape index (κ3) is 2.50. The number of anilines is 1. The molecule has 1 amide bonds. The van der Waals surface area contributed by atoms with Crippen molar-refractivity contribution in [2.75, 3.05) is 11.9 Å². The molecule has 0 spiro atoms. The molecule has 1 aliphatic heterocycles. The van der Waals surface area contributed by atoms with Gasteiger partial charge in [0.1, 0.15) is 0 Å². The molecular formula is C14H13ClN2O2. The van der Waals surface area contributed by atoms with E-state index in [1.807, 2.05) is 12.1 Å². The molecule has 0 aliphatic carbocycles. The molecule has 2 N–H and O–H groups in total. The smallest absolute Gasteiger partial charge is 0.291 e. The molecule has 1 aliphatic rings. The summed E-state index contributed by atoms with van der Waals surface area (Å²) in [5.41, 5.74) is 3.23. The Bertz CT molecular complexity index is 622. The van der Waals surface area contributed by atoms with Crippen LogP contribution in [0.1, 0.15) is 21.7 Å². The standard InChI is InChI=1S/C14H13ClN2O2/c15-13-5-4-12(19-13)14(18)17-11-3-1-2-9-6-7-16-8-10(9)11/h1-5,16H,6-8H2,(H,17,18). The van der Waals surface area contributed by atoms with Gasteiger partial charge in [-0.15, -0.1) is 0 Å². The van der Waals surface area contributed by atoms with E-state index >= 15 is 0 Å². The van der Waals surface area contributed by atoms with Crippen LogP contribution in [0.3, 0.4) is 0 Å². The summed E-state index contributed by atoms with van der Waals surface area (Å²) in [5.74, 6) is -0.0720.